The molecular formula is C14H24O. The van der Waals surface area contributed by atoms with Crippen LogP contribution in [0.5, 0.6) is 0 Å². The Balaban J connectivity index is 3.20. The Morgan fingerprint density at radius 2 is 1.67 bits per heavy atom. The highest BCUT2D eigenvalue weighted by Gasteiger charge is 1.87. The maximum absolute atomic E-state index is 10.6. The van der Waals surface area contributed by atoms with Gasteiger partial charge in [0.15, 0.2) is 5.78 Å². The SMILES string of the molecule is CCCCCCCCC=CC=CC(C)=O. The molecule has 0 fully saturated rings. The van der Waals surface area contributed by atoms with Crippen LogP contribution >= 0.6 is 0 Å². The van der Waals surface area contributed by atoms with Crippen molar-refractivity contribution < 1.29 is 4.79 Å². The topological polar surface area (TPSA) is 17.1 Å². The lowest BCUT2D eigenvalue weighted by Crippen LogP contribution is -1.78. The van der Waals surface area contributed by atoms with E-state index in [0.717, 1.165) is 6.42 Å². The fourth-order valence-corrected chi connectivity index (χ4v) is 1.41. The Morgan fingerprint density at radius 3 is 2.33 bits per heavy atom. The lowest BCUT2D eigenvalue weighted by molar-refractivity contribution is -0.112. The Hall–Kier alpha value is -0.850. The molecule has 0 heterocycles. The van der Waals surface area contributed by atoms with E-state index in [9.17, 15) is 4.79 Å². The van der Waals surface area contributed by atoms with Gasteiger partial charge >= 0.3 is 0 Å². The molecule has 0 aromatic carbocycles. The maximum atomic E-state index is 10.6. The van der Waals surface area contributed by atoms with E-state index in [1.807, 2.05) is 12.2 Å². The van der Waals surface area contributed by atoms with Gasteiger partial charge in [0.1, 0.15) is 0 Å². The third-order valence-corrected chi connectivity index (χ3v) is 2.30. The second kappa shape index (κ2) is 11.2. The van der Waals surface area contributed by atoms with Crippen molar-refractivity contribution in [3.8, 4) is 0 Å². The van der Waals surface area contributed by atoms with Crippen LogP contribution in [0, 0.1) is 0 Å². The first-order valence-corrected chi connectivity index (χ1v) is 6.11. The van der Waals surface area contributed by atoms with Crippen molar-refractivity contribution in [1.82, 2.24) is 0 Å². The molecule has 0 unspecified atom stereocenters. The van der Waals surface area contributed by atoms with Crippen molar-refractivity contribution in [1.29, 1.82) is 0 Å². The monoisotopic (exact) mass is 208 g/mol. The first-order valence-electron chi connectivity index (χ1n) is 6.11. The van der Waals surface area contributed by atoms with E-state index in [1.165, 1.54) is 38.5 Å². The van der Waals surface area contributed by atoms with E-state index in [2.05, 4.69) is 13.0 Å². The standard InChI is InChI=1S/C14H24O/c1-3-4-5-6-7-8-9-10-11-12-13-14(2)15/h10-13H,3-9H2,1-2H3. The summed E-state index contributed by atoms with van der Waals surface area (Å²) in [4.78, 5) is 10.6. The van der Waals surface area contributed by atoms with Gasteiger partial charge < -0.3 is 0 Å². The van der Waals surface area contributed by atoms with Gasteiger partial charge in [0.05, 0.1) is 0 Å². The highest BCUT2D eigenvalue weighted by Crippen LogP contribution is 2.06. The highest BCUT2D eigenvalue weighted by molar-refractivity contribution is 5.87. The van der Waals surface area contributed by atoms with Gasteiger partial charge in [-0.2, -0.15) is 0 Å². The van der Waals surface area contributed by atoms with Crippen molar-refractivity contribution in [2.75, 3.05) is 0 Å². The summed E-state index contributed by atoms with van der Waals surface area (Å²) in [6.07, 6.45) is 16.7. The molecule has 86 valence electrons. The molecule has 1 heteroatoms. The third kappa shape index (κ3) is 13.2. The smallest absolute Gasteiger partial charge is 0.152 e. The van der Waals surface area contributed by atoms with E-state index in [-0.39, 0.29) is 5.78 Å². The number of unbranched alkanes of at least 4 members (excludes halogenated alkanes) is 6. The molecule has 0 saturated carbocycles. The van der Waals surface area contributed by atoms with Crippen LogP contribution in [0.3, 0.4) is 0 Å². The van der Waals surface area contributed by atoms with Gasteiger partial charge in [-0.1, -0.05) is 57.3 Å². The minimum Gasteiger partial charge on any atom is -0.295 e. The molecule has 0 rings (SSSR count). The van der Waals surface area contributed by atoms with Crippen LogP contribution in [0.25, 0.3) is 0 Å². The molecule has 0 aromatic rings. The van der Waals surface area contributed by atoms with Gasteiger partial charge in [-0.3, -0.25) is 4.79 Å². The summed E-state index contributed by atoms with van der Waals surface area (Å²) in [5.74, 6) is 0.110. The van der Waals surface area contributed by atoms with E-state index >= 15 is 0 Å². The van der Waals surface area contributed by atoms with Crippen LogP contribution in [-0.2, 0) is 4.79 Å². The zero-order valence-electron chi connectivity index (χ0n) is 10.2. The Kier molecular flexibility index (Phi) is 10.6. The highest BCUT2D eigenvalue weighted by atomic mass is 16.1. The zero-order chi connectivity index (χ0) is 11.4. The lowest BCUT2D eigenvalue weighted by atomic mass is 10.1. The summed E-state index contributed by atoms with van der Waals surface area (Å²) in [5.41, 5.74) is 0. The number of ketones is 1. The first kappa shape index (κ1) is 14.2. The Labute approximate surface area is 94.3 Å². The fraction of sp³-hybridized carbons (Fsp3) is 0.643. The van der Waals surface area contributed by atoms with Gasteiger partial charge in [0, 0.05) is 0 Å². The van der Waals surface area contributed by atoms with Crippen LogP contribution in [0.4, 0.5) is 0 Å². The number of allylic oxidation sites excluding steroid dienone is 4. The van der Waals surface area contributed by atoms with Crippen molar-refractivity contribution in [2.45, 2.75) is 58.8 Å². The molecule has 0 aliphatic heterocycles. The molecule has 0 spiro atoms. The number of rotatable bonds is 9. The minimum absolute atomic E-state index is 0.110. The maximum Gasteiger partial charge on any atom is 0.152 e. The summed E-state index contributed by atoms with van der Waals surface area (Å²) in [5, 5.41) is 0. The number of hydrogen-bond donors (Lipinski definition) is 0. The van der Waals surface area contributed by atoms with Gasteiger partial charge in [0.2, 0.25) is 0 Å². The minimum atomic E-state index is 0.110. The molecule has 15 heavy (non-hydrogen) atoms. The molecule has 0 radical (unpaired) electrons. The van der Waals surface area contributed by atoms with Crippen molar-refractivity contribution in [3.05, 3.63) is 24.3 Å². The molecule has 0 aromatic heterocycles. The van der Waals surface area contributed by atoms with E-state index in [0.29, 0.717) is 0 Å². The molecule has 0 N–H and O–H groups in total. The third-order valence-electron chi connectivity index (χ3n) is 2.30. The summed E-state index contributed by atoms with van der Waals surface area (Å²) < 4.78 is 0. The molecule has 0 atom stereocenters. The van der Waals surface area contributed by atoms with Gasteiger partial charge in [-0.05, 0) is 25.8 Å². The average Bonchev–Trinajstić information content (AvgIpc) is 2.20. The van der Waals surface area contributed by atoms with Gasteiger partial charge in [-0.15, -0.1) is 0 Å². The summed E-state index contributed by atoms with van der Waals surface area (Å²) in [6.45, 7) is 3.81. The van der Waals surface area contributed by atoms with Gasteiger partial charge in [-0.25, -0.2) is 0 Å². The summed E-state index contributed by atoms with van der Waals surface area (Å²) in [7, 11) is 0. The second-order valence-electron chi connectivity index (χ2n) is 3.95. The lowest BCUT2D eigenvalue weighted by Gasteiger charge is -1.97. The summed E-state index contributed by atoms with van der Waals surface area (Å²) >= 11 is 0. The predicted octanol–water partition coefficient (Wildman–Crippen LogP) is 4.44. The molecular weight excluding hydrogens is 184 g/mol. The number of carbonyl (C=O) groups is 1. The largest absolute Gasteiger partial charge is 0.295 e. The van der Waals surface area contributed by atoms with E-state index < -0.39 is 0 Å². The van der Waals surface area contributed by atoms with Crippen LogP contribution in [0.1, 0.15) is 58.8 Å². The molecule has 0 aliphatic carbocycles. The van der Waals surface area contributed by atoms with Gasteiger partial charge in [0.25, 0.3) is 0 Å². The number of carbonyl (C=O) groups excluding carboxylic acids is 1. The molecule has 1 nitrogen and oxygen atoms in total. The summed E-state index contributed by atoms with van der Waals surface area (Å²) in [6, 6.07) is 0. The van der Waals surface area contributed by atoms with Crippen molar-refractivity contribution in [2.24, 2.45) is 0 Å². The van der Waals surface area contributed by atoms with Crippen LogP contribution < -0.4 is 0 Å². The van der Waals surface area contributed by atoms with Crippen LogP contribution in [-0.4, -0.2) is 5.78 Å². The van der Waals surface area contributed by atoms with Crippen molar-refractivity contribution >= 4 is 5.78 Å². The predicted molar refractivity (Wildman–Crippen MR) is 67.0 cm³/mol. The molecule has 0 bridgehead atoms. The van der Waals surface area contributed by atoms with Crippen molar-refractivity contribution in [3.63, 3.8) is 0 Å². The van der Waals surface area contributed by atoms with E-state index in [4.69, 9.17) is 0 Å². The fourth-order valence-electron chi connectivity index (χ4n) is 1.41. The van der Waals surface area contributed by atoms with E-state index in [1.54, 1.807) is 13.0 Å². The molecule has 0 saturated heterocycles. The average molecular weight is 208 g/mol. The number of hydrogen-bond acceptors (Lipinski definition) is 1. The Morgan fingerprint density at radius 1 is 1.00 bits per heavy atom. The zero-order valence-corrected chi connectivity index (χ0v) is 10.2. The Bertz CT molecular complexity index is 201. The quantitative estimate of drug-likeness (QED) is 0.311. The molecule has 0 amide bonds. The normalized spacial score (nSPS) is 11.6. The van der Waals surface area contributed by atoms with Crippen LogP contribution in [0.15, 0.2) is 24.3 Å². The molecule has 0 aliphatic rings. The second-order valence-corrected chi connectivity index (χ2v) is 3.95. The van der Waals surface area contributed by atoms with Crippen LogP contribution in [0.2, 0.25) is 0 Å². The first-order chi connectivity index (χ1) is 7.27.